The van der Waals surface area contributed by atoms with E-state index >= 15 is 0 Å². The Morgan fingerprint density at radius 3 is 2.10 bits per heavy atom. The van der Waals surface area contributed by atoms with Gasteiger partial charge in [0, 0.05) is 0 Å². The van der Waals surface area contributed by atoms with E-state index in [0.717, 1.165) is 5.30 Å². The molecule has 0 bridgehead atoms. The summed E-state index contributed by atoms with van der Waals surface area (Å²) >= 11 is 0. The Labute approximate surface area is 62.9 Å². The minimum absolute atomic E-state index is 0.843. The molecule has 50 valence electrons. The van der Waals surface area contributed by atoms with Gasteiger partial charge in [0.15, 0.2) is 0 Å². The highest BCUT2D eigenvalue weighted by Gasteiger charge is 2.24. The monoisotopic (exact) mass is 151 g/mol. The Bertz CT molecular complexity index is 205. The first kappa shape index (κ1) is 7.78. The van der Waals surface area contributed by atoms with Crippen LogP contribution in [-0.4, -0.2) is 19.1 Å². The second-order valence-electron chi connectivity index (χ2n) is 2.36. The Balaban J connectivity index is 2.97. The maximum absolute atomic E-state index is 9.38. The molecule has 0 spiro atoms. The first-order chi connectivity index (χ1) is 4.61. The molecule has 0 fully saturated rings. The summed E-state index contributed by atoms with van der Waals surface area (Å²) in [6.07, 6.45) is 0. The van der Waals surface area contributed by atoms with Crippen LogP contribution in [0.3, 0.4) is 0 Å². The van der Waals surface area contributed by atoms with Crippen molar-refractivity contribution < 1.29 is 4.89 Å². The fourth-order valence-corrected chi connectivity index (χ4v) is 1.51. The first-order valence-corrected chi connectivity index (χ1v) is 5.30. The van der Waals surface area contributed by atoms with Crippen LogP contribution >= 0.6 is 7.37 Å². The molecule has 1 rings (SSSR count). The van der Waals surface area contributed by atoms with Gasteiger partial charge in [-0.2, -0.15) is 0 Å². The second-order valence-corrected chi connectivity index (χ2v) is 4.93. The maximum Gasteiger partial charge on any atom is 0.407 e. The van der Waals surface area contributed by atoms with E-state index < -0.39 is 7.37 Å². The molecule has 0 saturated carbocycles. The molecule has 3 heteroatoms. The molecule has 0 amide bonds. The third-order valence-electron chi connectivity index (χ3n) is 1.28. The van der Waals surface area contributed by atoms with Crippen molar-refractivity contribution in [2.45, 2.75) is 0 Å². The molecule has 0 heterocycles. The van der Waals surface area contributed by atoms with Gasteiger partial charge in [-0.1, -0.05) is 18.2 Å². The van der Waals surface area contributed by atoms with Gasteiger partial charge in [0.05, 0.1) is 6.66 Å². The Morgan fingerprint density at radius 1 is 1.30 bits per heavy atom. The molecular weight excluding hydrogens is 142 g/mol. The smallest absolute Gasteiger partial charge is 0.266 e. The number of benzene rings is 1. The van der Waals surface area contributed by atoms with Crippen molar-refractivity contribution in [2.24, 2.45) is 0 Å². The first-order valence-electron chi connectivity index (χ1n) is 3.04. The third-order valence-corrected chi connectivity index (χ3v) is 2.62. The van der Waals surface area contributed by atoms with Gasteiger partial charge in [0.2, 0.25) is 0 Å². The molecule has 1 aromatic rings. The van der Waals surface area contributed by atoms with Gasteiger partial charge in [0.1, 0.15) is 12.7 Å². The topological polar surface area (TPSA) is 20.2 Å². The quantitative estimate of drug-likeness (QED) is 0.467. The Kier molecular flexibility index (Phi) is 2.13. The van der Waals surface area contributed by atoms with E-state index in [9.17, 15) is 4.89 Å². The van der Waals surface area contributed by atoms with Crippen LogP contribution in [-0.2, 0) is 0 Å². The van der Waals surface area contributed by atoms with E-state index in [1.54, 1.807) is 6.66 Å². The van der Waals surface area contributed by atoms with E-state index in [1.165, 1.54) is 0 Å². The fraction of sp³-hybridized carbons (Fsp3) is 0.143. The number of hydrogen-bond donors (Lipinski definition) is 1. The average molecular weight is 151 g/mol. The highest BCUT2D eigenvalue weighted by atomic mass is 31.2. The van der Waals surface area contributed by atoms with Crippen molar-refractivity contribution in [3.63, 3.8) is 0 Å². The summed E-state index contributed by atoms with van der Waals surface area (Å²) < 4.78 is 0. The van der Waals surface area contributed by atoms with Crippen LogP contribution in [0.15, 0.2) is 30.3 Å². The third kappa shape index (κ3) is 1.83. The van der Waals surface area contributed by atoms with Gasteiger partial charge >= 0.3 is 7.57 Å². The summed E-state index contributed by atoms with van der Waals surface area (Å²) in [5.41, 5.74) is 0. The van der Waals surface area contributed by atoms with Gasteiger partial charge in [-0.25, -0.2) is 0 Å². The van der Waals surface area contributed by atoms with Crippen molar-refractivity contribution in [3.05, 3.63) is 30.3 Å². The van der Waals surface area contributed by atoms with E-state index in [2.05, 4.69) is 0 Å². The molecule has 0 aromatic heterocycles. The Hall–Kier alpha value is -0.325. The van der Waals surface area contributed by atoms with Crippen molar-refractivity contribution in [3.8, 4) is 0 Å². The standard InChI is InChI=1S/C7H9BOP/c1-10(8,9)7-5-3-2-4-6-7/h2-6,9H,1H3/q+1. The molecule has 0 aliphatic rings. The lowest BCUT2D eigenvalue weighted by Gasteiger charge is -2.07. The molecule has 2 radical (unpaired) electrons. The van der Waals surface area contributed by atoms with Crippen LogP contribution in [0, 0.1) is 0 Å². The molecule has 1 aromatic carbocycles. The summed E-state index contributed by atoms with van der Waals surface area (Å²) in [5, 5.41) is 0.843. The zero-order chi connectivity index (χ0) is 7.61. The maximum atomic E-state index is 9.38. The molecule has 1 N–H and O–H groups in total. The lowest BCUT2D eigenvalue weighted by molar-refractivity contribution is 0.634. The van der Waals surface area contributed by atoms with Gasteiger partial charge < -0.3 is 0 Å². The molecule has 0 aliphatic heterocycles. The van der Waals surface area contributed by atoms with Crippen LogP contribution in [0.25, 0.3) is 0 Å². The van der Waals surface area contributed by atoms with Gasteiger partial charge in [-0.05, 0) is 12.1 Å². The molecular formula is C7H9BOP+. The van der Waals surface area contributed by atoms with Gasteiger partial charge in [0.25, 0.3) is 0 Å². The van der Waals surface area contributed by atoms with E-state index in [-0.39, 0.29) is 0 Å². The van der Waals surface area contributed by atoms with Crippen LogP contribution < -0.4 is 5.30 Å². The number of hydrogen-bond acceptors (Lipinski definition) is 1. The van der Waals surface area contributed by atoms with Crippen molar-refractivity contribution >= 4 is 20.2 Å². The van der Waals surface area contributed by atoms with Crippen molar-refractivity contribution in [1.82, 2.24) is 0 Å². The normalized spacial score (nSPS) is 16.2. The molecule has 0 aliphatic carbocycles. The zero-order valence-corrected chi connectivity index (χ0v) is 6.75. The molecule has 1 unspecified atom stereocenters. The number of rotatable bonds is 1. The minimum atomic E-state index is -2.27. The van der Waals surface area contributed by atoms with E-state index in [4.69, 9.17) is 7.57 Å². The predicted molar refractivity (Wildman–Crippen MR) is 46.9 cm³/mol. The summed E-state index contributed by atoms with van der Waals surface area (Å²) in [5.74, 6) is 0. The van der Waals surface area contributed by atoms with E-state index in [1.807, 2.05) is 30.3 Å². The molecule has 1 atom stereocenters. The van der Waals surface area contributed by atoms with Gasteiger partial charge in [-0.3, -0.25) is 4.89 Å². The zero-order valence-electron chi connectivity index (χ0n) is 5.86. The molecule has 0 saturated heterocycles. The highest BCUT2D eigenvalue weighted by molar-refractivity contribution is 7.98. The predicted octanol–water partition coefficient (Wildman–Crippen LogP) is 0.950. The largest absolute Gasteiger partial charge is 0.407 e. The fourth-order valence-electron chi connectivity index (χ4n) is 0.730. The summed E-state index contributed by atoms with van der Waals surface area (Å²) in [4.78, 5) is 9.38. The molecule has 1 nitrogen and oxygen atoms in total. The van der Waals surface area contributed by atoms with Gasteiger partial charge in [-0.15, -0.1) is 0 Å². The van der Waals surface area contributed by atoms with Crippen LogP contribution in [0.4, 0.5) is 0 Å². The summed E-state index contributed by atoms with van der Waals surface area (Å²) in [6.45, 7) is 1.67. The average Bonchev–Trinajstić information content (AvgIpc) is 1.88. The lowest BCUT2D eigenvalue weighted by atomic mass is 10.4. The Morgan fingerprint density at radius 2 is 1.80 bits per heavy atom. The highest BCUT2D eigenvalue weighted by Crippen LogP contribution is 2.42. The van der Waals surface area contributed by atoms with Crippen LogP contribution in [0.2, 0.25) is 0 Å². The molecule has 10 heavy (non-hydrogen) atoms. The summed E-state index contributed by atoms with van der Waals surface area (Å²) in [6, 6.07) is 9.33. The lowest BCUT2D eigenvalue weighted by Crippen LogP contribution is -2.07. The second kappa shape index (κ2) is 2.73. The minimum Gasteiger partial charge on any atom is -0.266 e. The SMILES string of the molecule is [B][P+](C)(O)c1ccccc1. The van der Waals surface area contributed by atoms with Crippen LogP contribution in [0.1, 0.15) is 0 Å². The van der Waals surface area contributed by atoms with Crippen molar-refractivity contribution in [2.75, 3.05) is 6.66 Å². The van der Waals surface area contributed by atoms with Crippen LogP contribution in [0.5, 0.6) is 0 Å². The van der Waals surface area contributed by atoms with E-state index in [0.29, 0.717) is 0 Å². The summed E-state index contributed by atoms with van der Waals surface area (Å²) in [7, 11) is 3.26. The van der Waals surface area contributed by atoms with Crippen molar-refractivity contribution in [1.29, 1.82) is 0 Å².